The van der Waals surface area contributed by atoms with Crippen LogP contribution in [-0.4, -0.2) is 50.0 Å². The highest BCUT2D eigenvalue weighted by atomic mass is 32.1. The summed E-state index contributed by atoms with van der Waals surface area (Å²) >= 11 is 1.69. The fourth-order valence-electron chi connectivity index (χ4n) is 2.33. The van der Waals surface area contributed by atoms with E-state index < -0.39 is 0 Å². The second-order valence-electron chi connectivity index (χ2n) is 5.55. The highest BCUT2D eigenvalue weighted by Gasteiger charge is 2.14. The minimum absolute atomic E-state index is 0.309. The SMILES string of the molecule is CCNC(=NCc1ncc(C)s1)NCCCOCC1CCCO1. The Bertz CT molecular complexity index is 472. The molecule has 130 valence electrons. The first kappa shape index (κ1) is 18.2. The molecule has 23 heavy (non-hydrogen) atoms. The smallest absolute Gasteiger partial charge is 0.191 e. The summed E-state index contributed by atoms with van der Waals surface area (Å²) in [5, 5.41) is 7.62. The van der Waals surface area contributed by atoms with Gasteiger partial charge in [-0.1, -0.05) is 0 Å². The average Bonchev–Trinajstić information content (AvgIpc) is 3.19. The monoisotopic (exact) mass is 340 g/mol. The average molecular weight is 340 g/mol. The minimum Gasteiger partial charge on any atom is -0.379 e. The second-order valence-corrected chi connectivity index (χ2v) is 6.87. The van der Waals surface area contributed by atoms with E-state index in [9.17, 15) is 0 Å². The molecule has 1 aromatic rings. The van der Waals surface area contributed by atoms with E-state index in [4.69, 9.17) is 9.47 Å². The number of nitrogens with one attached hydrogen (secondary N) is 2. The van der Waals surface area contributed by atoms with Crippen LogP contribution in [0.3, 0.4) is 0 Å². The van der Waals surface area contributed by atoms with Crippen molar-refractivity contribution in [1.29, 1.82) is 0 Å². The van der Waals surface area contributed by atoms with Gasteiger partial charge in [0.15, 0.2) is 5.96 Å². The maximum Gasteiger partial charge on any atom is 0.191 e. The van der Waals surface area contributed by atoms with Gasteiger partial charge in [0, 0.05) is 37.4 Å². The van der Waals surface area contributed by atoms with Crippen LogP contribution in [0.4, 0.5) is 0 Å². The Morgan fingerprint density at radius 3 is 3.13 bits per heavy atom. The zero-order chi connectivity index (χ0) is 16.3. The Morgan fingerprint density at radius 2 is 2.43 bits per heavy atom. The Kier molecular flexibility index (Phi) is 8.35. The van der Waals surface area contributed by atoms with Crippen molar-refractivity contribution in [3.63, 3.8) is 0 Å². The lowest BCUT2D eigenvalue weighted by molar-refractivity contribution is 0.0168. The van der Waals surface area contributed by atoms with Crippen LogP contribution in [0.25, 0.3) is 0 Å². The summed E-state index contributed by atoms with van der Waals surface area (Å²) in [7, 11) is 0. The van der Waals surface area contributed by atoms with Gasteiger partial charge in [-0.25, -0.2) is 9.98 Å². The number of aliphatic imine (C=N–C) groups is 1. The van der Waals surface area contributed by atoms with Crippen LogP contribution < -0.4 is 10.6 Å². The molecule has 1 fully saturated rings. The molecule has 1 aromatic heterocycles. The van der Waals surface area contributed by atoms with E-state index in [1.807, 2.05) is 6.20 Å². The fourth-order valence-corrected chi connectivity index (χ4v) is 3.05. The Hall–Kier alpha value is -1.18. The van der Waals surface area contributed by atoms with E-state index in [0.717, 1.165) is 63.1 Å². The maximum atomic E-state index is 5.66. The van der Waals surface area contributed by atoms with Crippen molar-refractivity contribution in [1.82, 2.24) is 15.6 Å². The molecule has 1 aliphatic rings. The largest absolute Gasteiger partial charge is 0.379 e. The summed E-state index contributed by atoms with van der Waals surface area (Å²) in [6.45, 7) is 8.78. The third-order valence-corrected chi connectivity index (χ3v) is 4.37. The molecule has 1 unspecified atom stereocenters. The molecule has 0 radical (unpaired) electrons. The molecule has 0 aromatic carbocycles. The first-order chi connectivity index (χ1) is 11.3. The summed E-state index contributed by atoms with van der Waals surface area (Å²) in [5.41, 5.74) is 0. The molecule has 0 saturated carbocycles. The molecule has 2 N–H and O–H groups in total. The first-order valence-electron chi connectivity index (χ1n) is 8.40. The van der Waals surface area contributed by atoms with Gasteiger partial charge >= 0.3 is 0 Å². The van der Waals surface area contributed by atoms with Gasteiger partial charge in [0.2, 0.25) is 0 Å². The van der Waals surface area contributed by atoms with Crippen molar-refractivity contribution < 1.29 is 9.47 Å². The summed E-state index contributed by atoms with van der Waals surface area (Å²) < 4.78 is 11.2. The minimum atomic E-state index is 0.309. The quantitative estimate of drug-likeness (QED) is 0.409. The van der Waals surface area contributed by atoms with Crippen molar-refractivity contribution in [2.24, 2.45) is 4.99 Å². The van der Waals surface area contributed by atoms with Crippen LogP contribution in [-0.2, 0) is 16.0 Å². The summed E-state index contributed by atoms with van der Waals surface area (Å²) in [5.74, 6) is 0.833. The molecule has 1 aliphatic heterocycles. The second kappa shape index (κ2) is 10.6. The zero-order valence-corrected chi connectivity index (χ0v) is 15.0. The van der Waals surface area contributed by atoms with Crippen LogP contribution in [0.1, 0.15) is 36.1 Å². The number of aromatic nitrogens is 1. The maximum absolute atomic E-state index is 5.66. The third-order valence-electron chi connectivity index (χ3n) is 3.47. The van der Waals surface area contributed by atoms with Gasteiger partial charge in [-0.05, 0) is 33.1 Å². The van der Waals surface area contributed by atoms with Crippen LogP contribution >= 0.6 is 11.3 Å². The number of hydrogen-bond acceptors (Lipinski definition) is 5. The lowest BCUT2D eigenvalue weighted by atomic mass is 10.2. The summed E-state index contributed by atoms with van der Waals surface area (Å²) in [6, 6.07) is 0. The molecule has 0 aliphatic carbocycles. The predicted molar refractivity (Wildman–Crippen MR) is 94.1 cm³/mol. The van der Waals surface area contributed by atoms with Gasteiger partial charge in [-0.2, -0.15) is 0 Å². The van der Waals surface area contributed by atoms with Crippen molar-refractivity contribution in [2.45, 2.75) is 45.8 Å². The van der Waals surface area contributed by atoms with E-state index in [1.165, 1.54) is 4.88 Å². The highest BCUT2D eigenvalue weighted by Crippen LogP contribution is 2.12. The molecule has 0 spiro atoms. The van der Waals surface area contributed by atoms with Gasteiger partial charge in [0.05, 0.1) is 19.3 Å². The Morgan fingerprint density at radius 1 is 1.52 bits per heavy atom. The van der Waals surface area contributed by atoms with Crippen molar-refractivity contribution >= 4 is 17.3 Å². The standard InChI is InChI=1S/C16H28N4O2S/c1-3-17-16(20-11-15-19-10-13(2)23-15)18-7-5-8-21-12-14-6-4-9-22-14/h10,14H,3-9,11-12H2,1-2H3,(H2,17,18,20). The number of aryl methyl sites for hydroxylation is 1. The number of hydrogen-bond donors (Lipinski definition) is 2. The van der Waals surface area contributed by atoms with E-state index in [0.29, 0.717) is 12.6 Å². The zero-order valence-electron chi connectivity index (χ0n) is 14.1. The molecule has 0 amide bonds. The number of thiazole rings is 1. The van der Waals surface area contributed by atoms with Crippen LogP contribution in [0.15, 0.2) is 11.2 Å². The van der Waals surface area contributed by atoms with Crippen LogP contribution in [0.5, 0.6) is 0 Å². The molecule has 2 heterocycles. The number of rotatable bonds is 9. The highest BCUT2D eigenvalue weighted by molar-refractivity contribution is 7.11. The van der Waals surface area contributed by atoms with E-state index in [-0.39, 0.29) is 0 Å². The molecular weight excluding hydrogens is 312 g/mol. The molecule has 1 saturated heterocycles. The third kappa shape index (κ3) is 7.28. The van der Waals surface area contributed by atoms with Gasteiger partial charge in [0.25, 0.3) is 0 Å². The van der Waals surface area contributed by atoms with Crippen LogP contribution in [0, 0.1) is 6.92 Å². The predicted octanol–water partition coefficient (Wildman–Crippen LogP) is 2.09. The number of nitrogens with zero attached hydrogens (tertiary/aromatic N) is 2. The molecule has 1 atom stereocenters. The van der Waals surface area contributed by atoms with Crippen molar-refractivity contribution in [2.75, 3.05) is 32.9 Å². The lowest BCUT2D eigenvalue weighted by Crippen LogP contribution is -2.38. The van der Waals surface area contributed by atoms with Gasteiger partial charge in [-0.15, -0.1) is 11.3 Å². The van der Waals surface area contributed by atoms with Crippen molar-refractivity contribution in [3.05, 3.63) is 16.1 Å². The molecule has 2 rings (SSSR count). The summed E-state index contributed by atoms with van der Waals surface area (Å²) in [4.78, 5) is 10.1. The van der Waals surface area contributed by atoms with Crippen molar-refractivity contribution in [3.8, 4) is 0 Å². The molecule has 6 nitrogen and oxygen atoms in total. The molecular formula is C16H28N4O2S. The fraction of sp³-hybridized carbons (Fsp3) is 0.750. The van der Waals surface area contributed by atoms with E-state index >= 15 is 0 Å². The van der Waals surface area contributed by atoms with E-state index in [2.05, 4.69) is 34.5 Å². The lowest BCUT2D eigenvalue weighted by Gasteiger charge is -2.12. The topological polar surface area (TPSA) is 67.8 Å². The first-order valence-corrected chi connectivity index (χ1v) is 9.22. The number of guanidine groups is 1. The van der Waals surface area contributed by atoms with Crippen LogP contribution in [0.2, 0.25) is 0 Å². The van der Waals surface area contributed by atoms with Gasteiger partial charge in [0.1, 0.15) is 5.01 Å². The molecule has 7 heteroatoms. The Balaban J connectivity index is 1.59. The number of ether oxygens (including phenoxy) is 2. The Labute approximate surface area is 142 Å². The normalized spacial score (nSPS) is 18.3. The van der Waals surface area contributed by atoms with E-state index in [1.54, 1.807) is 11.3 Å². The van der Waals surface area contributed by atoms with Gasteiger partial charge < -0.3 is 20.1 Å². The molecule has 0 bridgehead atoms. The summed E-state index contributed by atoms with van der Waals surface area (Å²) in [6.07, 6.45) is 5.44. The van der Waals surface area contributed by atoms with Gasteiger partial charge in [-0.3, -0.25) is 0 Å².